The summed E-state index contributed by atoms with van der Waals surface area (Å²) in [5.74, 6) is 0.460. The number of nitrogens with one attached hydrogen (secondary N) is 2. The first-order valence-electron chi connectivity index (χ1n) is 8.17. The Labute approximate surface area is 145 Å². The Morgan fingerprint density at radius 1 is 1.24 bits per heavy atom. The molecule has 2 aromatic rings. The van der Waals surface area contributed by atoms with Gasteiger partial charge >= 0.3 is 12.1 Å². The zero-order valence-electron chi connectivity index (χ0n) is 14.0. The number of hydrogen-bond acceptors (Lipinski definition) is 4. The molecule has 2 N–H and O–H groups in total. The van der Waals surface area contributed by atoms with Gasteiger partial charge in [-0.15, -0.1) is 5.10 Å². The number of rotatable bonds is 3. The molecule has 0 radical (unpaired) electrons. The fourth-order valence-corrected chi connectivity index (χ4v) is 2.84. The Kier molecular flexibility index (Phi) is 5.17. The average molecular weight is 343 g/mol. The van der Waals surface area contributed by atoms with Crippen LogP contribution in [0.4, 0.5) is 15.4 Å². The molecule has 8 heteroatoms. The number of ether oxygens (including phenoxy) is 1. The van der Waals surface area contributed by atoms with Gasteiger partial charge in [-0.2, -0.15) is 0 Å². The molecule has 1 aromatic carbocycles. The number of urea groups is 1. The lowest BCUT2D eigenvalue weighted by atomic mass is 10.1. The van der Waals surface area contributed by atoms with Crippen molar-refractivity contribution in [2.45, 2.75) is 18.9 Å². The normalized spacial score (nSPS) is 17.0. The van der Waals surface area contributed by atoms with Crippen LogP contribution in [-0.2, 0) is 4.74 Å². The highest BCUT2D eigenvalue weighted by atomic mass is 16.5. The van der Waals surface area contributed by atoms with Crippen LogP contribution in [0.2, 0.25) is 0 Å². The van der Waals surface area contributed by atoms with Crippen molar-refractivity contribution in [3.05, 3.63) is 42.6 Å². The summed E-state index contributed by atoms with van der Waals surface area (Å²) in [5, 5.41) is 9.93. The Morgan fingerprint density at radius 2 is 2.04 bits per heavy atom. The summed E-state index contributed by atoms with van der Waals surface area (Å²) >= 11 is 0. The van der Waals surface area contributed by atoms with E-state index in [2.05, 4.69) is 15.7 Å². The number of hydrogen-bond donors (Lipinski definition) is 2. The number of aromatic nitrogens is 2. The quantitative estimate of drug-likeness (QED) is 0.894. The highest BCUT2D eigenvalue weighted by molar-refractivity contribution is 5.88. The Hall–Kier alpha value is -3.03. The number of nitrogens with zero attached hydrogens (tertiary/aromatic N) is 3. The number of piperidine rings is 1. The molecule has 1 aromatic heterocycles. The van der Waals surface area contributed by atoms with Crippen LogP contribution in [0.1, 0.15) is 12.8 Å². The second kappa shape index (κ2) is 7.69. The Morgan fingerprint density at radius 3 is 2.80 bits per heavy atom. The molecule has 1 aliphatic heterocycles. The van der Waals surface area contributed by atoms with Crippen LogP contribution in [-0.4, -0.2) is 53.0 Å². The number of amides is 3. The highest BCUT2D eigenvalue weighted by Gasteiger charge is 2.25. The third-order valence-electron chi connectivity index (χ3n) is 4.04. The van der Waals surface area contributed by atoms with Gasteiger partial charge in [-0.05, 0) is 25.0 Å². The van der Waals surface area contributed by atoms with Crippen LogP contribution in [0.5, 0.6) is 0 Å². The molecular formula is C17H21N5O3. The monoisotopic (exact) mass is 343 g/mol. The van der Waals surface area contributed by atoms with Gasteiger partial charge in [0.15, 0.2) is 5.82 Å². The van der Waals surface area contributed by atoms with Crippen molar-refractivity contribution in [3.8, 4) is 5.69 Å². The molecule has 8 nitrogen and oxygen atoms in total. The van der Waals surface area contributed by atoms with Crippen LogP contribution in [0.25, 0.3) is 5.69 Å². The Balaban J connectivity index is 1.54. The smallest absolute Gasteiger partial charge is 0.409 e. The number of carbonyl (C=O) groups excluding carboxylic acids is 2. The number of anilines is 1. The second-order valence-electron chi connectivity index (χ2n) is 5.83. The first-order chi connectivity index (χ1) is 12.2. The van der Waals surface area contributed by atoms with Gasteiger partial charge in [0.25, 0.3) is 0 Å². The molecule has 1 atom stereocenters. The van der Waals surface area contributed by atoms with Crippen molar-refractivity contribution in [1.29, 1.82) is 0 Å². The van der Waals surface area contributed by atoms with E-state index in [1.807, 2.05) is 30.3 Å². The molecule has 25 heavy (non-hydrogen) atoms. The number of benzene rings is 1. The van der Waals surface area contributed by atoms with Gasteiger partial charge in [-0.3, -0.25) is 5.32 Å². The van der Waals surface area contributed by atoms with Gasteiger partial charge in [0, 0.05) is 31.4 Å². The maximum Gasteiger partial charge on any atom is 0.409 e. The predicted molar refractivity (Wildman–Crippen MR) is 92.7 cm³/mol. The van der Waals surface area contributed by atoms with Gasteiger partial charge in [-0.25, -0.2) is 14.3 Å². The van der Waals surface area contributed by atoms with Crippen LogP contribution in [0, 0.1) is 0 Å². The van der Waals surface area contributed by atoms with Crippen molar-refractivity contribution >= 4 is 17.9 Å². The molecule has 1 fully saturated rings. The zero-order valence-corrected chi connectivity index (χ0v) is 14.0. The molecule has 2 heterocycles. The molecule has 0 bridgehead atoms. The van der Waals surface area contributed by atoms with E-state index in [9.17, 15) is 9.59 Å². The third kappa shape index (κ3) is 4.28. The van der Waals surface area contributed by atoms with E-state index >= 15 is 0 Å². The summed E-state index contributed by atoms with van der Waals surface area (Å²) in [4.78, 5) is 25.4. The van der Waals surface area contributed by atoms with Crippen LogP contribution in [0.15, 0.2) is 42.6 Å². The lowest BCUT2D eigenvalue weighted by molar-refractivity contribution is 0.108. The summed E-state index contributed by atoms with van der Waals surface area (Å²) in [6.45, 7) is 1.09. The first-order valence-corrected chi connectivity index (χ1v) is 8.17. The van der Waals surface area contributed by atoms with Gasteiger partial charge in [0.2, 0.25) is 0 Å². The van der Waals surface area contributed by atoms with Gasteiger partial charge < -0.3 is 15.0 Å². The van der Waals surface area contributed by atoms with E-state index in [1.165, 1.54) is 7.11 Å². The minimum absolute atomic E-state index is 0.107. The van der Waals surface area contributed by atoms with Gasteiger partial charge in [-0.1, -0.05) is 18.2 Å². The largest absolute Gasteiger partial charge is 0.453 e. The molecule has 132 valence electrons. The standard InChI is InChI=1S/C17H21N5O3/c1-25-17(24)21-10-5-6-13(12-21)18-16(23)19-15-9-11-22(20-15)14-7-3-2-4-8-14/h2-4,7-9,11,13H,5-6,10,12H2,1H3,(H2,18,19,20,23). The van der Waals surface area contributed by atoms with E-state index in [-0.39, 0.29) is 18.2 Å². The molecule has 3 rings (SSSR count). The molecule has 1 aliphatic rings. The second-order valence-corrected chi connectivity index (χ2v) is 5.83. The number of carbonyl (C=O) groups is 2. The molecule has 1 saturated heterocycles. The third-order valence-corrected chi connectivity index (χ3v) is 4.04. The molecule has 0 saturated carbocycles. The van der Waals surface area contributed by atoms with E-state index in [0.29, 0.717) is 18.9 Å². The highest BCUT2D eigenvalue weighted by Crippen LogP contribution is 2.12. The molecule has 3 amide bonds. The SMILES string of the molecule is COC(=O)N1CCCC(NC(=O)Nc2ccn(-c3ccccc3)n2)C1. The summed E-state index contributed by atoms with van der Waals surface area (Å²) in [6.07, 6.45) is 3.06. The summed E-state index contributed by atoms with van der Waals surface area (Å²) in [7, 11) is 1.36. The zero-order chi connectivity index (χ0) is 17.6. The fraction of sp³-hybridized carbons (Fsp3) is 0.353. The topological polar surface area (TPSA) is 88.5 Å². The van der Waals surface area contributed by atoms with Crippen molar-refractivity contribution in [1.82, 2.24) is 20.0 Å². The maximum atomic E-state index is 12.2. The number of para-hydroxylation sites is 1. The first kappa shape index (κ1) is 16.8. The predicted octanol–water partition coefficient (Wildman–Crippen LogP) is 2.22. The van der Waals surface area contributed by atoms with Crippen molar-refractivity contribution in [2.75, 3.05) is 25.5 Å². The summed E-state index contributed by atoms with van der Waals surface area (Å²) in [5.41, 5.74) is 0.914. The molecular weight excluding hydrogens is 322 g/mol. The lowest BCUT2D eigenvalue weighted by Crippen LogP contribution is -2.50. The number of methoxy groups -OCH3 is 1. The molecule has 1 unspecified atom stereocenters. The number of likely N-dealkylation sites (tertiary alicyclic amines) is 1. The van der Waals surface area contributed by atoms with Crippen molar-refractivity contribution in [2.24, 2.45) is 0 Å². The van der Waals surface area contributed by atoms with E-state index in [0.717, 1.165) is 18.5 Å². The maximum absolute atomic E-state index is 12.2. The molecule has 0 aliphatic carbocycles. The lowest BCUT2D eigenvalue weighted by Gasteiger charge is -2.31. The summed E-state index contributed by atoms with van der Waals surface area (Å²) < 4.78 is 6.42. The van der Waals surface area contributed by atoms with E-state index in [1.54, 1.807) is 21.8 Å². The van der Waals surface area contributed by atoms with E-state index < -0.39 is 0 Å². The van der Waals surface area contributed by atoms with Crippen LogP contribution < -0.4 is 10.6 Å². The average Bonchev–Trinajstić information content (AvgIpc) is 3.10. The van der Waals surface area contributed by atoms with Gasteiger partial charge in [0.1, 0.15) is 0 Å². The van der Waals surface area contributed by atoms with Crippen LogP contribution in [0.3, 0.4) is 0 Å². The minimum Gasteiger partial charge on any atom is -0.453 e. The van der Waals surface area contributed by atoms with Crippen molar-refractivity contribution < 1.29 is 14.3 Å². The molecule has 0 spiro atoms. The van der Waals surface area contributed by atoms with Gasteiger partial charge in [0.05, 0.1) is 12.8 Å². The van der Waals surface area contributed by atoms with E-state index in [4.69, 9.17) is 4.74 Å². The fourth-order valence-electron chi connectivity index (χ4n) is 2.84. The van der Waals surface area contributed by atoms with Crippen LogP contribution >= 0.6 is 0 Å². The minimum atomic E-state index is -0.367. The van der Waals surface area contributed by atoms with Crippen molar-refractivity contribution in [3.63, 3.8) is 0 Å². The summed E-state index contributed by atoms with van der Waals surface area (Å²) in [6, 6.07) is 10.9. The Bertz CT molecular complexity index is 731.